The maximum absolute atomic E-state index is 13.7. The van der Waals surface area contributed by atoms with E-state index in [0.29, 0.717) is 12.3 Å². The summed E-state index contributed by atoms with van der Waals surface area (Å²) in [5.41, 5.74) is 7.84. The van der Waals surface area contributed by atoms with Crippen LogP contribution in [0.1, 0.15) is 75.6 Å². The second-order valence-corrected chi connectivity index (χ2v) is 11.5. The predicted molar refractivity (Wildman–Crippen MR) is 167 cm³/mol. The largest absolute Gasteiger partial charge is 0.349 e. The molecule has 2 aromatic rings. The zero-order valence-electron chi connectivity index (χ0n) is 26.3. The monoisotopic (exact) mass is 546 g/mol. The molecule has 0 heterocycles. The molecule has 6 unspecified atom stereocenters. The zero-order chi connectivity index (χ0) is 30.3. The molecular formula is C35H50N2O3. The number of allylic oxidation sites excluding steroid dienone is 1. The number of carbonyl (C=O) groups is 3. The lowest BCUT2D eigenvalue weighted by molar-refractivity contribution is -0.144. The van der Waals surface area contributed by atoms with Gasteiger partial charge in [-0.05, 0) is 91.0 Å². The number of hydrogen-bond donors (Lipinski definition) is 1. The normalized spacial score (nSPS) is 22.8. The smallest absolute Gasteiger partial charge is 0.228 e. The number of hydrogen-bond acceptors (Lipinski definition) is 3. The molecule has 1 aliphatic rings. The number of rotatable bonds is 8. The quantitative estimate of drug-likeness (QED) is 0.272. The Bertz CT molecular complexity index is 1220. The Morgan fingerprint density at radius 2 is 1.70 bits per heavy atom. The highest BCUT2D eigenvalue weighted by atomic mass is 16.2. The van der Waals surface area contributed by atoms with Crippen molar-refractivity contribution in [2.24, 2.45) is 29.6 Å². The molecule has 1 N–H and O–H groups in total. The van der Waals surface area contributed by atoms with Crippen molar-refractivity contribution in [1.29, 1.82) is 0 Å². The van der Waals surface area contributed by atoms with Crippen molar-refractivity contribution in [2.75, 3.05) is 19.4 Å². The molecule has 1 aliphatic carbocycles. The second-order valence-electron chi connectivity index (χ2n) is 11.5. The van der Waals surface area contributed by atoms with Crippen LogP contribution in [-0.2, 0) is 14.4 Å². The highest BCUT2D eigenvalue weighted by molar-refractivity contribution is 5.95. The van der Waals surface area contributed by atoms with Gasteiger partial charge in [-0.15, -0.1) is 6.58 Å². The van der Waals surface area contributed by atoms with E-state index in [9.17, 15) is 14.4 Å². The Morgan fingerprint density at radius 3 is 2.23 bits per heavy atom. The Hall–Kier alpha value is -3.21. The minimum Gasteiger partial charge on any atom is -0.349 e. The molecular weight excluding hydrogens is 496 g/mol. The van der Waals surface area contributed by atoms with Crippen LogP contribution in [0.2, 0.25) is 0 Å². The number of benzene rings is 2. The van der Waals surface area contributed by atoms with E-state index in [2.05, 4.69) is 63.9 Å². The van der Waals surface area contributed by atoms with Crippen molar-refractivity contribution in [2.45, 2.75) is 74.1 Å². The molecule has 3 rings (SSSR count). The number of anilines is 1. The van der Waals surface area contributed by atoms with Crippen molar-refractivity contribution in [3.8, 4) is 11.1 Å². The summed E-state index contributed by atoms with van der Waals surface area (Å²) in [6, 6.07) is 10.9. The molecule has 218 valence electrons. The van der Waals surface area contributed by atoms with Crippen LogP contribution in [0.5, 0.6) is 0 Å². The van der Waals surface area contributed by atoms with Gasteiger partial charge in [-0.3, -0.25) is 9.59 Å². The summed E-state index contributed by atoms with van der Waals surface area (Å²) in [6.45, 7) is 20.7. The topological polar surface area (TPSA) is 66.5 Å². The summed E-state index contributed by atoms with van der Waals surface area (Å²) >= 11 is 0. The zero-order valence-corrected chi connectivity index (χ0v) is 26.3. The first-order valence-electron chi connectivity index (χ1n) is 14.8. The van der Waals surface area contributed by atoms with Crippen LogP contribution in [-0.4, -0.2) is 37.1 Å². The molecule has 6 atom stereocenters. The Kier molecular flexibility index (Phi) is 11.9. The number of nitrogens with zero attached hydrogens (tertiary/aromatic N) is 1. The molecule has 2 amide bonds. The van der Waals surface area contributed by atoms with E-state index >= 15 is 0 Å². The van der Waals surface area contributed by atoms with Gasteiger partial charge in [0.15, 0.2) is 0 Å². The molecule has 0 spiro atoms. The summed E-state index contributed by atoms with van der Waals surface area (Å²) < 4.78 is 0. The highest BCUT2D eigenvalue weighted by Crippen LogP contribution is 2.44. The van der Waals surface area contributed by atoms with Crippen LogP contribution in [0.25, 0.3) is 11.1 Å². The molecule has 1 fully saturated rings. The first-order valence-corrected chi connectivity index (χ1v) is 14.8. The van der Waals surface area contributed by atoms with E-state index in [0.717, 1.165) is 35.1 Å². The highest BCUT2D eigenvalue weighted by Gasteiger charge is 2.48. The van der Waals surface area contributed by atoms with E-state index in [-0.39, 0.29) is 17.7 Å². The summed E-state index contributed by atoms with van der Waals surface area (Å²) in [5, 5.41) is 3.16. The minimum absolute atomic E-state index is 0.0629. The summed E-state index contributed by atoms with van der Waals surface area (Å²) in [4.78, 5) is 40.1. The number of nitrogens with one attached hydrogen (secondary N) is 1. The molecule has 0 aromatic heterocycles. The van der Waals surface area contributed by atoms with Crippen LogP contribution in [0, 0.1) is 50.4 Å². The van der Waals surface area contributed by atoms with Crippen molar-refractivity contribution in [1.82, 2.24) is 4.90 Å². The maximum atomic E-state index is 13.7. The molecule has 5 nitrogen and oxygen atoms in total. The first kappa shape index (κ1) is 33.0. The average molecular weight is 547 g/mol. The van der Waals surface area contributed by atoms with Crippen molar-refractivity contribution in [3.63, 3.8) is 0 Å². The first-order chi connectivity index (χ1) is 18.9. The summed E-state index contributed by atoms with van der Waals surface area (Å²) in [6.07, 6.45) is 4.17. The van der Waals surface area contributed by atoms with Gasteiger partial charge in [0.25, 0.3) is 0 Å². The van der Waals surface area contributed by atoms with Gasteiger partial charge < -0.3 is 15.0 Å². The maximum Gasteiger partial charge on any atom is 0.228 e. The fourth-order valence-corrected chi connectivity index (χ4v) is 6.22. The number of aldehydes is 1. The molecule has 0 bridgehead atoms. The van der Waals surface area contributed by atoms with Gasteiger partial charge in [-0.25, -0.2) is 0 Å². The third-order valence-electron chi connectivity index (χ3n) is 8.58. The molecule has 40 heavy (non-hydrogen) atoms. The van der Waals surface area contributed by atoms with E-state index in [1.807, 2.05) is 33.8 Å². The Labute approximate surface area is 242 Å². The van der Waals surface area contributed by atoms with E-state index in [4.69, 9.17) is 0 Å². The molecule has 2 aromatic carbocycles. The molecule has 0 aliphatic heterocycles. The van der Waals surface area contributed by atoms with Gasteiger partial charge in [-0.1, -0.05) is 58.9 Å². The van der Waals surface area contributed by atoms with Crippen LogP contribution in [0.4, 0.5) is 5.69 Å². The number of amides is 2. The van der Waals surface area contributed by atoms with E-state index in [1.165, 1.54) is 21.6 Å². The van der Waals surface area contributed by atoms with Crippen LogP contribution >= 0.6 is 0 Å². The molecule has 0 radical (unpaired) electrons. The van der Waals surface area contributed by atoms with Gasteiger partial charge in [0.05, 0.1) is 5.92 Å². The third-order valence-corrected chi connectivity index (χ3v) is 8.58. The van der Waals surface area contributed by atoms with Crippen LogP contribution < -0.4 is 5.32 Å². The number of carbonyl (C=O) groups excluding carboxylic acids is 3. The lowest BCUT2D eigenvalue weighted by Crippen LogP contribution is -2.50. The van der Waals surface area contributed by atoms with Gasteiger partial charge in [-0.2, -0.15) is 0 Å². The second kappa shape index (κ2) is 14.4. The predicted octanol–water partition coefficient (Wildman–Crippen LogP) is 7.73. The molecule has 0 saturated heterocycles. The van der Waals surface area contributed by atoms with Crippen molar-refractivity contribution >= 4 is 23.8 Å². The van der Waals surface area contributed by atoms with Crippen molar-refractivity contribution < 1.29 is 14.4 Å². The van der Waals surface area contributed by atoms with Crippen LogP contribution in [0.15, 0.2) is 43.0 Å². The Morgan fingerprint density at radius 1 is 1.05 bits per heavy atom. The van der Waals surface area contributed by atoms with Gasteiger partial charge in [0.1, 0.15) is 6.29 Å². The van der Waals surface area contributed by atoms with E-state index < -0.39 is 23.7 Å². The fourth-order valence-electron chi connectivity index (χ4n) is 6.22. The average Bonchev–Trinajstić information content (AvgIpc) is 2.93. The summed E-state index contributed by atoms with van der Waals surface area (Å²) in [7, 11) is 3.37. The van der Waals surface area contributed by atoms with Gasteiger partial charge in [0.2, 0.25) is 11.8 Å². The number of aryl methyl sites for hydroxylation is 3. The van der Waals surface area contributed by atoms with E-state index in [1.54, 1.807) is 20.2 Å². The van der Waals surface area contributed by atoms with Gasteiger partial charge >= 0.3 is 0 Å². The van der Waals surface area contributed by atoms with Crippen LogP contribution in [0.3, 0.4) is 0 Å². The fraction of sp³-hybridized carbons (Fsp3) is 0.514. The SMILES string of the molecule is C=CC1C(C(=O)Nc2cc(C)c(-c3ccc(C(C)CC)c(C)c3)cc2C)C(C)CC(C=O)C1C(=O)N(C)C.CC. The Balaban J connectivity index is 0.00000274. The third kappa shape index (κ3) is 6.92. The lowest BCUT2D eigenvalue weighted by Gasteiger charge is -2.42. The minimum atomic E-state index is -0.584. The van der Waals surface area contributed by atoms with Crippen molar-refractivity contribution in [3.05, 3.63) is 65.2 Å². The lowest BCUT2D eigenvalue weighted by atomic mass is 9.62. The molecule has 1 saturated carbocycles. The summed E-state index contributed by atoms with van der Waals surface area (Å²) in [5.74, 6) is -1.68. The standard InChI is InChI=1S/C33H44N2O3.C2H6/c1-10-19(3)27-13-12-24(14-20(27)4)28-16-22(6)29(17-21(28)5)34-32(37)30-23(7)15-25(18-36)31(26(30)11-2)33(38)35(8)9;1-2/h11-14,16-19,23,25-26,30-31H,2,10,15H2,1,3-9H3,(H,34,37);1-2H3. The van der Waals surface area contributed by atoms with Gasteiger partial charge in [0, 0.05) is 37.5 Å². The molecule has 5 heteroatoms.